The van der Waals surface area contributed by atoms with Crippen molar-refractivity contribution in [3.05, 3.63) is 77.1 Å². The average Bonchev–Trinajstić information content (AvgIpc) is 3.20. The van der Waals surface area contributed by atoms with E-state index in [0.29, 0.717) is 17.1 Å². The molecule has 2 heterocycles. The summed E-state index contributed by atoms with van der Waals surface area (Å²) in [6.07, 6.45) is 1.51. The molecule has 0 saturated carbocycles. The first kappa shape index (κ1) is 16.1. The van der Waals surface area contributed by atoms with Gasteiger partial charge in [0.15, 0.2) is 0 Å². The Morgan fingerprint density at radius 2 is 1.86 bits per heavy atom. The lowest BCUT2D eigenvalue weighted by Gasteiger charge is -2.21. The van der Waals surface area contributed by atoms with Gasteiger partial charge in [0.25, 0.3) is 11.5 Å². The third-order valence-electron chi connectivity index (χ3n) is 4.87. The standard InChI is InChI=1S/C20H14N6O2/c1-24(15-7-6-13-4-2-3-5-14(13)10-15)19-17-9-8-16(26(27)28)11-18(17)25-12-21-23-20(25)22-19/h2-12H,1H3. The molecule has 28 heavy (non-hydrogen) atoms. The summed E-state index contributed by atoms with van der Waals surface area (Å²) in [6, 6.07) is 19.0. The van der Waals surface area contributed by atoms with Gasteiger partial charge in [0.2, 0.25) is 0 Å². The molecule has 5 aromatic rings. The van der Waals surface area contributed by atoms with E-state index < -0.39 is 4.92 Å². The molecule has 0 fully saturated rings. The fraction of sp³-hybridized carbons (Fsp3) is 0.0500. The van der Waals surface area contributed by atoms with Crippen molar-refractivity contribution in [1.82, 2.24) is 19.6 Å². The molecule has 0 atom stereocenters. The molecule has 0 saturated heterocycles. The SMILES string of the molecule is CN(c1ccc2ccccc2c1)c1nc2nncn2c2cc([N+](=O)[O-])ccc12. The van der Waals surface area contributed by atoms with Gasteiger partial charge in [-0.1, -0.05) is 30.3 Å². The molecule has 5 rings (SSSR count). The summed E-state index contributed by atoms with van der Waals surface area (Å²) < 4.78 is 1.65. The van der Waals surface area contributed by atoms with Crippen molar-refractivity contribution in [1.29, 1.82) is 0 Å². The molecule has 0 spiro atoms. The Morgan fingerprint density at radius 1 is 1.04 bits per heavy atom. The zero-order chi connectivity index (χ0) is 19.3. The second-order valence-corrected chi connectivity index (χ2v) is 6.49. The van der Waals surface area contributed by atoms with E-state index in [-0.39, 0.29) is 5.69 Å². The Labute approximate surface area is 158 Å². The molecule has 0 amide bonds. The van der Waals surface area contributed by atoms with Crippen LogP contribution < -0.4 is 4.90 Å². The number of nitro benzene ring substituents is 1. The molecule has 3 aromatic carbocycles. The molecular formula is C20H14N6O2. The van der Waals surface area contributed by atoms with Gasteiger partial charge in [-0.15, -0.1) is 10.2 Å². The van der Waals surface area contributed by atoms with E-state index >= 15 is 0 Å². The molecule has 0 aliphatic heterocycles. The van der Waals surface area contributed by atoms with E-state index in [1.807, 2.05) is 30.1 Å². The number of fused-ring (bicyclic) bond motifs is 4. The van der Waals surface area contributed by atoms with Crippen LogP contribution in [0.5, 0.6) is 0 Å². The molecule has 2 aromatic heterocycles. The number of non-ortho nitro benzene ring substituents is 1. The topological polar surface area (TPSA) is 89.5 Å². The number of hydrogen-bond donors (Lipinski definition) is 0. The minimum atomic E-state index is -0.414. The molecule has 0 radical (unpaired) electrons. The predicted molar refractivity (Wildman–Crippen MR) is 107 cm³/mol. The van der Waals surface area contributed by atoms with Crippen LogP contribution in [0.15, 0.2) is 67.0 Å². The van der Waals surface area contributed by atoms with Crippen molar-refractivity contribution in [2.45, 2.75) is 0 Å². The van der Waals surface area contributed by atoms with Crippen LogP contribution in [-0.4, -0.2) is 31.6 Å². The lowest BCUT2D eigenvalue weighted by atomic mass is 10.1. The van der Waals surface area contributed by atoms with E-state index in [0.717, 1.165) is 21.8 Å². The molecule has 0 bridgehead atoms. The molecule has 8 nitrogen and oxygen atoms in total. The van der Waals surface area contributed by atoms with Gasteiger partial charge >= 0.3 is 0 Å². The van der Waals surface area contributed by atoms with Crippen molar-refractivity contribution in [2.75, 3.05) is 11.9 Å². The number of nitro groups is 1. The zero-order valence-corrected chi connectivity index (χ0v) is 14.9. The Bertz CT molecular complexity index is 1380. The number of rotatable bonds is 3. The van der Waals surface area contributed by atoms with Gasteiger partial charge in [-0.3, -0.25) is 14.5 Å². The second kappa shape index (κ2) is 5.98. The van der Waals surface area contributed by atoms with Gasteiger partial charge in [0, 0.05) is 30.3 Å². The summed E-state index contributed by atoms with van der Waals surface area (Å²) in [6.45, 7) is 0. The van der Waals surface area contributed by atoms with E-state index in [9.17, 15) is 10.1 Å². The lowest BCUT2D eigenvalue weighted by Crippen LogP contribution is -2.13. The van der Waals surface area contributed by atoms with E-state index in [1.165, 1.54) is 18.5 Å². The van der Waals surface area contributed by atoms with Crippen LogP contribution in [0.3, 0.4) is 0 Å². The van der Waals surface area contributed by atoms with Crippen LogP contribution in [0.2, 0.25) is 0 Å². The first-order valence-corrected chi connectivity index (χ1v) is 8.62. The average molecular weight is 370 g/mol. The first-order valence-electron chi connectivity index (χ1n) is 8.62. The number of aromatic nitrogens is 4. The van der Waals surface area contributed by atoms with Gasteiger partial charge in [-0.2, -0.15) is 4.98 Å². The summed E-state index contributed by atoms with van der Waals surface area (Å²) in [7, 11) is 1.92. The normalized spacial score (nSPS) is 11.3. The maximum Gasteiger partial charge on any atom is 0.271 e. The van der Waals surface area contributed by atoms with Gasteiger partial charge in [-0.25, -0.2) is 0 Å². The fourth-order valence-electron chi connectivity index (χ4n) is 3.42. The highest BCUT2D eigenvalue weighted by molar-refractivity contribution is 5.95. The van der Waals surface area contributed by atoms with E-state index in [4.69, 9.17) is 0 Å². The van der Waals surface area contributed by atoms with Crippen LogP contribution >= 0.6 is 0 Å². The largest absolute Gasteiger partial charge is 0.329 e. The van der Waals surface area contributed by atoms with Crippen LogP contribution in [0.4, 0.5) is 17.2 Å². The minimum Gasteiger partial charge on any atom is -0.329 e. The maximum absolute atomic E-state index is 11.2. The molecule has 0 unspecified atom stereocenters. The molecule has 0 aliphatic carbocycles. The lowest BCUT2D eigenvalue weighted by molar-refractivity contribution is -0.384. The monoisotopic (exact) mass is 370 g/mol. The Morgan fingerprint density at radius 3 is 2.68 bits per heavy atom. The quantitative estimate of drug-likeness (QED) is 0.351. The zero-order valence-electron chi connectivity index (χ0n) is 14.9. The van der Waals surface area contributed by atoms with E-state index in [2.05, 4.69) is 39.4 Å². The number of anilines is 2. The van der Waals surface area contributed by atoms with Crippen molar-refractivity contribution in [3.8, 4) is 0 Å². The molecule has 0 aliphatic rings. The number of benzene rings is 3. The summed E-state index contributed by atoms with van der Waals surface area (Å²) in [5, 5.41) is 22.2. The Hall–Kier alpha value is -4.07. The Kier molecular flexibility index (Phi) is 3.45. The Balaban J connectivity index is 1.74. The van der Waals surface area contributed by atoms with E-state index in [1.54, 1.807) is 10.5 Å². The second-order valence-electron chi connectivity index (χ2n) is 6.49. The highest BCUT2D eigenvalue weighted by atomic mass is 16.6. The molecule has 136 valence electrons. The third-order valence-corrected chi connectivity index (χ3v) is 4.87. The van der Waals surface area contributed by atoms with Crippen LogP contribution in [0.25, 0.3) is 27.5 Å². The summed E-state index contributed by atoms with van der Waals surface area (Å²) in [4.78, 5) is 17.4. The highest BCUT2D eigenvalue weighted by Crippen LogP contribution is 2.33. The minimum absolute atomic E-state index is 0.00742. The van der Waals surface area contributed by atoms with Gasteiger partial charge in [0.05, 0.1) is 10.4 Å². The maximum atomic E-state index is 11.2. The van der Waals surface area contributed by atoms with Crippen molar-refractivity contribution < 1.29 is 4.92 Å². The predicted octanol–water partition coefficient (Wildman–Crippen LogP) is 4.11. The van der Waals surface area contributed by atoms with Crippen LogP contribution in [0, 0.1) is 10.1 Å². The van der Waals surface area contributed by atoms with Gasteiger partial charge < -0.3 is 4.90 Å². The van der Waals surface area contributed by atoms with Crippen molar-refractivity contribution in [3.63, 3.8) is 0 Å². The van der Waals surface area contributed by atoms with Crippen molar-refractivity contribution >= 4 is 44.6 Å². The smallest absolute Gasteiger partial charge is 0.271 e. The third kappa shape index (κ3) is 2.43. The molecular weight excluding hydrogens is 356 g/mol. The highest BCUT2D eigenvalue weighted by Gasteiger charge is 2.17. The summed E-state index contributed by atoms with van der Waals surface area (Å²) in [5.74, 6) is 1.04. The van der Waals surface area contributed by atoms with Crippen molar-refractivity contribution in [2.24, 2.45) is 0 Å². The van der Waals surface area contributed by atoms with Gasteiger partial charge in [0.1, 0.15) is 12.1 Å². The number of nitrogens with zero attached hydrogens (tertiary/aromatic N) is 6. The number of hydrogen-bond acceptors (Lipinski definition) is 6. The molecule has 0 N–H and O–H groups in total. The molecule has 8 heteroatoms. The van der Waals surface area contributed by atoms with Crippen LogP contribution in [0.1, 0.15) is 0 Å². The summed E-state index contributed by atoms with van der Waals surface area (Å²) in [5.41, 5.74) is 1.59. The first-order chi connectivity index (χ1) is 13.6. The summed E-state index contributed by atoms with van der Waals surface area (Å²) >= 11 is 0. The van der Waals surface area contributed by atoms with Gasteiger partial charge in [-0.05, 0) is 29.0 Å². The fourth-order valence-corrected chi connectivity index (χ4v) is 3.42. The van der Waals surface area contributed by atoms with Crippen LogP contribution in [-0.2, 0) is 0 Å².